The first-order valence-corrected chi connectivity index (χ1v) is 11.9. The van der Waals surface area contributed by atoms with Crippen LogP contribution in [0.5, 0.6) is 0 Å². The van der Waals surface area contributed by atoms with Crippen molar-refractivity contribution in [3.05, 3.63) is 38.9 Å². The number of carbonyl (C=O) groups is 1. The smallest absolute Gasteiger partial charge is 0.235 e. The van der Waals surface area contributed by atoms with Crippen LogP contribution in [-0.4, -0.2) is 16.6 Å². The molecule has 2 aliphatic carbocycles. The third-order valence-corrected chi connectivity index (χ3v) is 7.71. The van der Waals surface area contributed by atoms with E-state index in [1.165, 1.54) is 40.0 Å². The summed E-state index contributed by atoms with van der Waals surface area (Å²) in [5, 5.41) is 23.3. The number of carbonyl (C=O) groups excluding carboxylic acids is 1. The van der Waals surface area contributed by atoms with Crippen molar-refractivity contribution in [2.75, 3.05) is 11.1 Å². The third kappa shape index (κ3) is 4.32. The van der Waals surface area contributed by atoms with Crippen LogP contribution in [-0.2, 0) is 30.5 Å². The number of nitrogens with one attached hydrogen (secondary N) is 1. The van der Waals surface area contributed by atoms with Crippen molar-refractivity contribution in [1.82, 2.24) is 4.98 Å². The van der Waals surface area contributed by atoms with E-state index >= 15 is 0 Å². The van der Waals surface area contributed by atoms with Crippen molar-refractivity contribution in [2.45, 2.75) is 62.8 Å². The SMILES string of the molecule is N#Cc1cc2c(nc1SCC(=O)Nc1sc3c(c1C#N)CCCC3)CCCCC2. The molecule has 0 bridgehead atoms. The number of hydrogen-bond acceptors (Lipinski definition) is 6. The summed E-state index contributed by atoms with van der Waals surface area (Å²) in [6.45, 7) is 0. The number of thiophene rings is 1. The molecule has 148 valence electrons. The number of nitriles is 2. The first-order chi connectivity index (χ1) is 14.2. The molecule has 2 aromatic rings. The van der Waals surface area contributed by atoms with E-state index in [0.29, 0.717) is 21.2 Å². The summed E-state index contributed by atoms with van der Waals surface area (Å²) in [4.78, 5) is 18.5. The summed E-state index contributed by atoms with van der Waals surface area (Å²) < 4.78 is 0. The van der Waals surface area contributed by atoms with Crippen LogP contribution in [0.15, 0.2) is 11.1 Å². The van der Waals surface area contributed by atoms with Gasteiger partial charge < -0.3 is 5.32 Å². The van der Waals surface area contributed by atoms with E-state index in [1.807, 2.05) is 6.07 Å². The van der Waals surface area contributed by atoms with Gasteiger partial charge in [-0.1, -0.05) is 18.2 Å². The van der Waals surface area contributed by atoms with Crippen LogP contribution < -0.4 is 5.32 Å². The van der Waals surface area contributed by atoms with Crippen LogP contribution in [0.3, 0.4) is 0 Å². The second-order valence-electron chi connectivity index (χ2n) is 7.48. The zero-order valence-corrected chi connectivity index (χ0v) is 17.8. The number of aromatic nitrogens is 1. The Balaban J connectivity index is 1.47. The Kier molecular flexibility index (Phi) is 6.18. The molecule has 1 amide bonds. The molecule has 0 spiro atoms. The van der Waals surface area contributed by atoms with Gasteiger partial charge in [-0.3, -0.25) is 4.79 Å². The second kappa shape index (κ2) is 8.98. The van der Waals surface area contributed by atoms with Gasteiger partial charge in [0.05, 0.1) is 16.9 Å². The maximum absolute atomic E-state index is 12.6. The van der Waals surface area contributed by atoms with Gasteiger partial charge in [-0.05, 0) is 68.6 Å². The molecule has 0 saturated heterocycles. The van der Waals surface area contributed by atoms with Crippen LogP contribution in [0.2, 0.25) is 0 Å². The van der Waals surface area contributed by atoms with E-state index in [4.69, 9.17) is 4.98 Å². The van der Waals surface area contributed by atoms with Crippen LogP contribution in [0.1, 0.15) is 64.9 Å². The number of aryl methyl sites for hydroxylation is 3. The number of rotatable bonds is 4. The molecule has 0 aromatic carbocycles. The lowest BCUT2D eigenvalue weighted by Crippen LogP contribution is -2.14. The first-order valence-electron chi connectivity index (χ1n) is 10.1. The van der Waals surface area contributed by atoms with Crippen molar-refractivity contribution >= 4 is 34.0 Å². The van der Waals surface area contributed by atoms with Gasteiger partial charge in [0.1, 0.15) is 22.2 Å². The lowest BCUT2D eigenvalue weighted by Gasteiger charge is -2.10. The minimum absolute atomic E-state index is 0.161. The van der Waals surface area contributed by atoms with Crippen molar-refractivity contribution in [1.29, 1.82) is 10.5 Å². The summed E-state index contributed by atoms with van der Waals surface area (Å²) in [7, 11) is 0. The fourth-order valence-corrected chi connectivity index (χ4v) is 6.08. The minimum Gasteiger partial charge on any atom is -0.316 e. The molecule has 5 nitrogen and oxygen atoms in total. The van der Waals surface area contributed by atoms with Crippen LogP contribution in [0.4, 0.5) is 5.00 Å². The number of thioether (sulfide) groups is 1. The van der Waals surface area contributed by atoms with Crippen LogP contribution >= 0.6 is 23.1 Å². The second-order valence-corrected chi connectivity index (χ2v) is 9.55. The predicted octanol–water partition coefficient (Wildman–Crippen LogP) is 4.76. The highest BCUT2D eigenvalue weighted by atomic mass is 32.2. The maximum atomic E-state index is 12.6. The molecule has 1 N–H and O–H groups in total. The zero-order chi connectivity index (χ0) is 20.2. The van der Waals surface area contributed by atoms with Crippen molar-refractivity contribution in [3.8, 4) is 12.1 Å². The molecule has 0 saturated carbocycles. The summed E-state index contributed by atoms with van der Waals surface area (Å²) in [6.07, 6.45) is 9.51. The Morgan fingerprint density at radius 3 is 2.72 bits per heavy atom. The summed E-state index contributed by atoms with van der Waals surface area (Å²) >= 11 is 2.84. The van der Waals surface area contributed by atoms with Gasteiger partial charge in [0.15, 0.2) is 0 Å². The number of amides is 1. The van der Waals surface area contributed by atoms with E-state index in [9.17, 15) is 15.3 Å². The first kappa shape index (κ1) is 19.9. The summed E-state index contributed by atoms with van der Waals surface area (Å²) in [5.74, 6) is 0.0131. The number of hydrogen-bond donors (Lipinski definition) is 1. The lowest BCUT2D eigenvalue weighted by molar-refractivity contribution is -0.113. The van der Waals surface area contributed by atoms with Gasteiger partial charge in [-0.15, -0.1) is 11.3 Å². The van der Waals surface area contributed by atoms with Crippen molar-refractivity contribution < 1.29 is 4.79 Å². The van der Waals surface area contributed by atoms with E-state index in [0.717, 1.165) is 62.6 Å². The van der Waals surface area contributed by atoms with Gasteiger partial charge >= 0.3 is 0 Å². The number of nitrogens with zero attached hydrogens (tertiary/aromatic N) is 3. The summed E-state index contributed by atoms with van der Waals surface area (Å²) in [6, 6.07) is 6.46. The lowest BCUT2D eigenvalue weighted by atomic mass is 9.96. The van der Waals surface area contributed by atoms with Crippen molar-refractivity contribution in [3.63, 3.8) is 0 Å². The number of pyridine rings is 1. The quantitative estimate of drug-likeness (QED) is 0.566. The third-order valence-electron chi connectivity index (χ3n) is 5.51. The minimum atomic E-state index is -0.161. The zero-order valence-electron chi connectivity index (χ0n) is 16.2. The molecule has 2 heterocycles. The monoisotopic (exact) mass is 422 g/mol. The van der Waals surface area contributed by atoms with Gasteiger partial charge in [0, 0.05) is 10.6 Å². The van der Waals surface area contributed by atoms with Gasteiger partial charge in [-0.25, -0.2) is 4.98 Å². The molecule has 0 fully saturated rings. The Morgan fingerprint density at radius 2 is 1.90 bits per heavy atom. The molecular formula is C22H22N4OS2. The molecular weight excluding hydrogens is 400 g/mol. The van der Waals surface area contributed by atoms with E-state index in [1.54, 1.807) is 0 Å². The Bertz CT molecular complexity index is 1030. The molecule has 0 atom stereocenters. The normalized spacial score (nSPS) is 15.4. The fourth-order valence-electron chi connectivity index (χ4n) is 4.05. The highest BCUT2D eigenvalue weighted by molar-refractivity contribution is 8.00. The van der Waals surface area contributed by atoms with Gasteiger partial charge in [0.2, 0.25) is 5.91 Å². The highest BCUT2D eigenvalue weighted by Crippen LogP contribution is 2.37. The molecule has 0 radical (unpaired) electrons. The Hall–Kier alpha value is -2.35. The molecule has 0 aliphatic heterocycles. The molecule has 7 heteroatoms. The van der Waals surface area contributed by atoms with E-state index in [-0.39, 0.29) is 11.7 Å². The predicted molar refractivity (Wildman–Crippen MR) is 115 cm³/mol. The maximum Gasteiger partial charge on any atom is 0.235 e. The molecule has 2 aromatic heterocycles. The van der Waals surface area contributed by atoms with Crippen molar-refractivity contribution in [2.24, 2.45) is 0 Å². The summed E-state index contributed by atoms with van der Waals surface area (Å²) in [5.41, 5.74) is 4.54. The Labute approximate surface area is 179 Å². The van der Waals surface area contributed by atoms with E-state index < -0.39 is 0 Å². The largest absolute Gasteiger partial charge is 0.316 e. The van der Waals surface area contributed by atoms with E-state index in [2.05, 4.69) is 17.5 Å². The standard InChI is InChI=1S/C22H22N4OS2/c23-11-15-10-14-6-2-1-3-8-18(14)25-21(15)28-13-20(27)26-22-17(12-24)16-7-4-5-9-19(16)29-22/h10H,1-9,13H2,(H,26,27). The van der Waals surface area contributed by atoms with Gasteiger partial charge in [0.25, 0.3) is 0 Å². The van der Waals surface area contributed by atoms with Crippen LogP contribution in [0, 0.1) is 22.7 Å². The fraction of sp³-hybridized carbons (Fsp3) is 0.455. The average Bonchev–Trinajstić information content (AvgIpc) is 2.92. The number of anilines is 1. The Morgan fingerprint density at radius 1 is 1.10 bits per heavy atom. The average molecular weight is 423 g/mol. The van der Waals surface area contributed by atoms with Gasteiger partial charge in [-0.2, -0.15) is 10.5 Å². The van der Waals surface area contributed by atoms with Crippen LogP contribution in [0.25, 0.3) is 0 Å². The molecule has 4 rings (SSSR count). The molecule has 2 aliphatic rings. The number of fused-ring (bicyclic) bond motifs is 2. The molecule has 29 heavy (non-hydrogen) atoms. The molecule has 0 unspecified atom stereocenters. The highest BCUT2D eigenvalue weighted by Gasteiger charge is 2.22. The topological polar surface area (TPSA) is 89.6 Å².